The van der Waals surface area contributed by atoms with Crippen molar-refractivity contribution >= 4 is 0 Å². The molecule has 3 aromatic rings. The topological polar surface area (TPSA) is 63.8 Å². The summed E-state index contributed by atoms with van der Waals surface area (Å²) in [6, 6.07) is 16.8. The minimum absolute atomic E-state index is 0.237. The number of benzene rings is 2. The summed E-state index contributed by atoms with van der Waals surface area (Å²) in [7, 11) is 0. The molecule has 1 N–H and O–H groups in total. The normalized spacial score (nSPS) is 10.5. The molecule has 3 rings (SSSR count). The largest absolute Gasteiger partial charge is 0.508 e. The van der Waals surface area contributed by atoms with Gasteiger partial charge in [0.15, 0.2) is 0 Å². The molecule has 0 fully saturated rings. The van der Waals surface area contributed by atoms with Crippen molar-refractivity contribution in [3.8, 4) is 17.1 Å². The zero-order chi connectivity index (χ0) is 13.1. The first-order chi connectivity index (χ1) is 9.33. The number of aromatic hydroxyl groups is 1. The van der Waals surface area contributed by atoms with E-state index < -0.39 is 0 Å². The van der Waals surface area contributed by atoms with Crippen LogP contribution in [0, 0.1) is 0 Å². The number of tetrazole rings is 1. The number of nitrogens with zero attached hydrogens (tertiary/aromatic N) is 4. The molecule has 5 nitrogen and oxygen atoms in total. The Morgan fingerprint density at radius 1 is 0.947 bits per heavy atom. The van der Waals surface area contributed by atoms with Gasteiger partial charge in [0.25, 0.3) is 0 Å². The van der Waals surface area contributed by atoms with Crippen molar-refractivity contribution in [2.45, 2.75) is 6.54 Å². The van der Waals surface area contributed by atoms with E-state index in [1.54, 1.807) is 12.1 Å². The van der Waals surface area contributed by atoms with E-state index in [1.165, 1.54) is 4.80 Å². The van der Waals surface area contributed by atoms with E-state index in [0.29, 0.717) is 12.4 Å². The fraction of sp³-hybridized carbons (Fsp3) is 0.0714. The van der Waals surface area contributed by atoms with Gasteiger partial charge in [-0.25, -0.2) is 0 Å². The standard InChI is InChI=1S/C14H12N4O/c19-13-9-5-4-8-12(13)10-18-16-14(15-17-18)11-6-2-1-3-7-11/h1-9,19H,10H2. The fourth-order valence-corrected chi connectivity index (χ4v) is 1.81. The van der Waals surface area contributed by atoms with E-state index in [4.69, 9.17) is 0 Å². The summed E-state index contributed by atoms with van der Waals surface area (Å²) in [6.45, 7) is 0.395. The Bertz CT molecular complexity index is 679. The molecule has 94 valence electrons. The summed E-state index contributed by atoms with van der Waals surface area (Å²) in [5.41, 5.74) is 1.69. The molecule has 0 atom stereocenters. The average Bonchev–Trinajstić information content (AvgIpc) is 2.91. The second-order valence-electron chi connectivity index (χ2n) is 4.14. The number of phenols is 1. The van der Waals surface area contributed by atoms with Crippen molar-refractivity contribution < 1.29 is 5.11 Å². The minimum Gasteiger partial charge on any atom is -0.508 e. The SMILES string of the molecule is Oc1ccccc1Cn1nnc(-c2ccccc2)n1. The average molecular weight is 252 g/mol. The third kappa shape index (κ3) is 2.44. The van der Waals surface area contributed by atoms with Crippen LogP contribution in [0.4, 0.5) is 0 Å². The lowest BCUT2D eigenvalue weighted by Gasteiger charge is -2.01. The molecule has 19 heavy (non-hydrogen) atoms. The predicted molar refractivity (Wildman–Crippen MR) is 70.5 cm³/mol. The van der Waals surface area contributed by atoms with Gasteiger partial charge in [0.05, 0.1) is 6.54 Å². The Morgan fingerprint density at radius 3 is 2.47 bits per heavy atom. The van der Waals surface area contributed by atoms with Crippen LogP contribution in [-0.2, 0) is 6.54 Å². The second kappa shape index (κ2) is 4.89. The Labute approximate surface area is 110 Å². The molecule has 0 saturated heterocycles. The summed E-state index contributed by atoms with van der Waals surface area (Å²) in [5.74, 6) is 0.817. The lowest BCUT2D eigenvalue weighted by molar-refractivity contribution is 0.458. The summed E-state index contributed by atoms with van der Waals surface area (Å²) in [6.07, 6.45) is 0. The van der Waals surface area contributed by atoms with Gasteiger partial charge in [-0.3, -0.25) is 0 Å². The van der Waals surface area contributed by atoms with Crippen LogP contribution in [0.5, 0.6) is 5.75 Å². The zero-order valence-electron chi connectivity index (χ0n) is 10.1. The van der Waals surface area contributed by atoms with Crippen molar-refractivity contribution in [1.82, 2.24) is 20.2 Å². The molecule has 0 aliphatic rings. The molecule has 0 aliphatic carbocycles. The summed E-state index contributed by atoms with van der Waals surface area (Å²) < 4.78 is 0. The number of hydrogen-bond donors (Lipinski definition) is 1. The van der Waals surface area contributed by atoms with Gasteiger partial charge < -0.3 is 5.11 Å². The lowest BCUT2D eigenvalue weighted by atomic mass is 10.2. The molecular formula is C14H12N4O. The highest BCUT2D eigenvalue weighted by atomic mass is 16.3. The van der Waals surface area contributed by atoms with Crippen molar-refractivity contribution in [2.24, 2.45) is 0 Å². The van der Waals surface area contributed by atoms with E-state index >= 15 is 0 Å². The number of hydrogen-bond acceptors (Lipinski definition) is 4. The molecule has 0 aliphatic heterocycles. The molecule has 0 radical (unpaired) electrons. The number of aromatic nitrogens is 4. The van der Waals surface area contributed by atoms with E-state index in [0.717, 1.165) is 11.1 Å². The predicted octanol–water partition coefficient (Wildman–Crippen LogP) is 2.09. The summed E-state index contributed by atoms with van der Waals surface area (Å²) in [5, 5.41) is 22.0. The quantitative estimate of drug-likeness (QED) is 0.775. The van der Waals surface area contributed by atoms with E-state index in [-0.39, 0.29) is 5.75 Å². The van der Waals surface area contributed by atoms with Gasteiger partial charge in [-0.1, -0.05) is 48.5 Å². The first-order valence-corrected chi connectivity index (χ1v) is 5.93. The third-order valence-electron chi connectivity index (χ3n) is 2.79. The zero-order valence-corrected chi connectivity index (χ0v) is 10.1. The number of rotatable bonds is 3. The van der Waals surface area contributed by atoms with E-state index in [9.17, 15) is 5.11 Å². The maximum atomic E-state index is 9.71. The van der Waals surface area contributed by atoms with Gasteiger partial charge in [-0.15, -0.1) is 10.2 Å². The minimum atomic E-state index is 0.237. The Hall–Kier alpha value is -2.69. The van der Waals surface area contributed by atoms with Crippen LogP contribution in [0.1, 0.15) is 5.56 Å². The van der Waals surface area contributed by atoms with Gasteiger partial charge in [0.1, 0.15) is 5.75 Å². The van der Waals surface area contributed by atoms with Gasteiger partial charge in [-0.2, -0.15) is 4.80 Å². The van der Waals surface area contributed by atoms with Crippen LogP contribution in [0.3, 0.4) is 0 Å². The highest BCUT2D eigenvalue weighted by Crippen LogP contribution is 2.17. The van der Waals surface area contributed by atoms with Gasteiger partial charge >= 0.3 is 0 Å². The van der Waals surface area contributed by atoms with Crippen LogP contribution in [0.15, 0.2) is 54.6 Å². The van der Waals surface area contributed by atoms with E-state index in [1.807, 2.05) is 42.5 Å². The van der Waals surface area contributed by atoms with Crippen molar-refractivity contribution in [3.63, 3.8) is 0 Å². The molecule has 0 spiro atoms. The smallest absolute Gasteiger partial charge is 0.204 e. The highest BCUT2D eigenvalue weighted by molar-refractivity contribution is 5.53. The molecule has 1 aromatic heterocycles. The van der Waals surface area contributed by atoms with Gasteiger partial charge in [0.2, 0.25) is 5.82 Å². The molecule has 0 saturated carbocycles. The fourth-order valence-electron chi connectivity index (χ4n) is 1.81. The Balaban J connectivity index is 1.85. The molecule has 1 heterocycles. The maximum Gasteiger partial charge on any atom is 0.204 e. The van der Waals surface area contributed by atoms with Gasteiger partial charge in [0, 0.05) is 11.1 Å². The van der Waals surface area contributed by atoms with Crippen molar-refractivity contribution in [1.29, 1.82) is 0 Å². The van der Waals surface area contributed by atoms with Crippen LogP contribution in [0.25, 0.3) is 11.4 Å². The third-order valence-corrected chi connectivity index (χ3v) is 2.79. The Kier molecular flexibility index (Phi) is 2.94. The molecule has 0 amide bonds. The first-order valence-electron chi connectivity index (χ1n) is 5.93. The van der Waals surface area contributed by atoms with Crippen molar-refractivity contribution in [3.05, 3.63) is 60.2 Å². The van der Waals surface area contributed by atoms with E-state index in [2.05, 4.69) is 15.4 Å². The van der Waals surface area contributed by atoms with Gasteiger partial charge in [-0.05, 0) is 11.3 Å². The molecule has 0 unspecified atom stereocenters. The van der Waals surface area contributed by atoms with Crippen LogP contribution >= 0.6 is 0 Å². The molecule has 2 aromatic carbocycles. The first kappa shape index (κ1) is 11.4. The molecule has 0 bridgehead atoms. The van der Waals surface area contributed by atoms with Crippen LogP contribution < -0.4 is 0 Å². The second-order valence-corrected chi connectivity index (χ2v) is 4.14. The monoisotopic (exact) mass is 252 g/mol. The van der Waals surface area contributed by atoms with Crippen molar-refractivity contribution in [2.75, 3.05) is 0 Å². The number of para-hydroxylation sites is 1. The molecular weight excluding hydrogens is 240 g/mol. The number of phenolic OH excluding ortho intramolecular Hbond substituents is 1. The van der Waals surface area contributed by atoms with Crippen LogP contribution in [-0.4, -0.2) is 25.3 Å². The Morgan fingerprint density at radius 2 is 1.68 bits per heavy atom. The summed E-state index contributed by atoms with van der Waals surface area (Å²) in [4.78, 5) is 1.47. The lowest BCUT2D eigenvalue weighted by Crippen LogP contribution is -2.04. The highest BCUT2D eigenvalue weighted by Gasteiger charge is 2.07. The molecule has 5 heteroatoms. The maximum absolute atomic E-state index is 9.71. The summed E-state index contributed by atoms with van der Waals surface area (Å²) >= 11 is 0. The van der Waals surface area contributed by atoms with Crippen LogP contribution in [0.2, 0.25) is 0 Å².